The molecule has 4 nitrogen and oxygen atoms in total. The number of halogens is 1. The Morgan fingerprint density at radius 3 is 2.56 bits per heavy atom. The average Bonchev–Trinajstić information content (AvgIpc) is 2.80. The minimum Gasteiger partial charge on any atom is -0.463 e. The number of rotatable bonds is 13. The summed E-state index contributed by atoms with van der Waals surface area (Å²) in [5.74, 6) is 0.0512. The Kier molecular flexibility index (Phi) is 11.6. The highest BCUT2D eigenvalue weighted by atomic mass is 127. The van der Waals surface area contributed by atoms with E-state index in [9.17, 15) is 9.59 Å². The standard InChI is InChI=1S/C20H33IO4/c1-4-5-6-7-8-11-16-18(22)14-17(21)20(16)24-13-10-9-12-19(23)25-15(2)3/h14-16,20H,4-13H2,1-3H3/t16-,20+/m0/s1. The number of ether oxygens (including phenoxy) is 2. The van der Waals surface area contributed by atoms with Gasteiger partial charge in [-0.25, -0.2) is 0 Å². The Labute approximate surface area is 166 Å². The zero-order chi connectivity index (χ0) is 18.7. The highest BCUT2D eigenvalue weighted by Crippen LogP contribution is 2.33. The van der Waals surface area contributed by atoms with Gasteiger partial charge in [0.2, 0.25) is 0 Å². The van der Waals surface area contributed by atoms with E-state index in [-0.39, 0.29) is 29.9 Å². The lowest BCUT2D eigenvalue weighted by atomic mass is 9.95. The number of unbranched alkanes of at least 4 members (excludes halogenated alkanes) is 5. The first-order chi connectivity index (χ1) is 12.0. The van der Waals surface area contributed by atoms with Crippen molar-refractivity contribution in [3.63, 3.8) is 0 Å². The van der Waals surface area contributed by atoms with Crippen molar-refractivity contribution in [2.75, 3.05) is 6.61 Å². The van der Waals surface area contributed by atoms with Crippen LogP contribution in [0.1, 0.15) is 78.6 Å². The van der Waals surface area contributed by atoms with E-state index in [1.54, 1.807) is 6.08 Å². The molecule has 0 aromatic heterocycles. The predicted molar refractivity (Wildman–Crippen MR) is 109 cm³/mol. The van der Waals surface area contributed by atoms with Crippen LogP contribution in [0.15, 0.2) is 9.66 Å². The Hall–Kier alpha value is -0.430. The fourth-order valence-corrected chi connectivity index (χ4v) is 3.95. The summed E-state index contributed by atoms with van der Waals surface area (Å²) in [6.45, 7) is 6.50. The van der Waals surface area contributed by atoms with E-state index in [4.69, 9.17) is 9.47 Å². The number of hydrogen-bond acceptors (Lipinski definition) is 4. The molecule has 1 aliphatic rings. The first kappa shape index (κ1) is 22.6. The summed E-state index contributed by atoms with van der Waals surface area (Å²) in [7, 11) is 0. The van der Waals surface area contributed by atoms with Crippen molar-refractivity contribution >= 4 is 34.3 Å². The molecule has 0 aromatic rings. The molecule has 0 aromatic carbocycles. The number of allylic oxidation sites excluding steroid dienone is 1. The van der Waals surface area contributed by atoms with Crippen molar-refractivity contribution in [2.45, 2.75) is 90.8 Å². The van der Waals surface area contributed by atoms with Crippen LogP contribution in [-0.4, -0.2) is 30.6 Å². The molecule has 0 bridgehead atoms. The zero-order valence-electron chi connectivity index (χ0n) is 15.9. The largest absolute Gasteiger partial charge is 0.463 e. The van der Waals surface area contributed by atoms with Gasteiger partial charge in [0.05, 0.1) is 18.1 Å². The minimum atomic E-state index is -0.148. The maximum absolute atomic E-state index is 12.2. The fourth-order valence-electron chi connectivity index (χ4n) is 3.03. The molecule has 0 radical (unpaired) electrons. The fraction of sp³-hybridized carbons (Fsp3) is 0.800. The molecule has 1 rings (SSSR count). The van der Waals surface area contributed by atoms with E-state index < -0.39 is 0 Å². The van der Waals surface area contributed by atoms with Crippen LogP contribution in [0.2, 0.25) is 0 Å². The van der Waals surface area contributed by atoms with Crippen LogP contribution in [-0.2, 0) is 19.1 Å². The van der Waals surface area contributed by atoms with Gasteiger partial charge < -0.3 is 9.47 Å². The first-order valence-corrected chi connectivity index (χ1v) is 10.8. The van der Waals surface area contributed by atoms with E-state index in [0.717, 1.165) is 29.3 Å². The van der Waals surface area contributed by atoms with E-state index in [1.807, 2.05) is 13.8 Å². The number of hydrogen-bond donors (Lipinski definition) is 0. The van der Waals surface area contributed by atoms with Gasteiger partial charge >= 0.3 is 5.97 Å². The third kappa shape index (κ3) is 9.18. The van der Waals surface area contributed by atoms with Crippen LogP contribution in [0.25, 0.3) is 0 Å². The van der Waals surface area contributed by atoms with Gasteiger partial charge in [0, 0.05) is 16.6 Å². The number of ketones is 1. The maximum Gasteiger partial charge on any atom is 0.306 e. The summed E-state index contributed by atoms with van der Waals surface area (Å²) in [6, 6.07) is 0. The minimum absolute atomic E-state index is 0.0144. The number of carbonyl (C=O) groups excluding carboxylic acids is 2. The van der Waals surface area contributed by atoms with E-state index >= 15 is 0 Å². The normalized spacial score (nSPS) is 20.2. The topological polar surface area (TPSA) is 52.6 Å². The van der Waals surface area contributed by atoms with Gasteiger partial charge in [-0.05, 0) is 61.8 Å². The lowest BCUT2D eigenvalue weighted by molar-refractivity contribution is -0.147. The summed E-state index contributed by atoms with van der Waals surface area (Å²) in [6.07, 6.45) is 10.6. The van der Waals surface area contributed by atoms with Crippen LogP contribution < -0.4 is 0 Å². The smallest absolute Gasteiger partial charge is 0.306 e. The van der Waals surface area contributed by atoms with E-state index in [2.05, 4.69) is 29.5 Å². The van der Waals surface area contributed by atoms with Crippen molar-refractivity contribution in [3.05, 3.63) is 9.66 Å². The maximum atomic E-state index is 12.2. The highest BCUT2D eigenvalue weighted by Gasteiger charge is 2.35. The van der Waals surface area contributed by atoms with E-state index in [0.29, 0.717) is 13.0 Å². The van der Waals surface area contributed by atoms with Gasteiger partial charge in [0.25, 0.3) is 0 Å². The third-order valence-electron chi connectivity index (χ3n) is 4.34. The second-order valence-corrected chi connectivity index (χ2v) is 8.27. The van der Waals surface area contributed by atoms with Crippen LogP contribution in [0.3, 0.4) is 0 Å². The quantitative estimate of drug-likeness (QED) is 0.209. The van der Waals surface area contributed by atoms with Gasteiger partial charge in [0.15, 0.2) is 5.78 Å². The Bertz CT molecular complexity index is 445. The van der Waals surface area contributed by atoms with Crippen molar-refractivity contribution < 1.29 is 19.1 Å². The van der Waals surface area contributed by atoms with Crippen LogP contribution in [0, 0.1) is 5.92 Å². The summed E-state index contributed by atoms with van der Waals surface area (Å²) in [5.41, 5.74) is 0. The summed E-state index contributed by atoms with van der Waals surface area (Å²) < 4.78 is 12.1. The van der Waals surface area contributed by atoms with Gasteiger partial charge in [0.1, 0.15) is 0 Å². The van der Waals surface area contributed by atoms with Gasteiger partial charge in [-0.15, -0.1) is 0 Å². The summed E-state index contributed by atoms with van der Waals surface area (Å²) in [4.78, 5) is 23.7. The molecule has 0 amide bonds. The van der Waals surface area contributed by atoms with Crippen molar-refractivity contribution in [1.82, 2.24) is 0 Å². The summed E-state index contributed by atoms with van der Waals surface area (Å²) in [5, 5.41) is 0. The second kappa shape index (κ2) is 12.8. The van der Waals surface area contributed by atoms with Crippen molar-refractivity contribution in [2.24, 2.45) is 5.92 Å². The van der Waals surface area contributed by atoms with Gasteiger partial charge in [-0.2, -0.15) is 0 Å². The molecule has 0 N–H and O–H groups in total. The molecule has 0 aliphatic heterocycles. The molecular weight excluding hydrogens is 431 g/mol. The zero-order valence-corrected chi connectivity index (χ0v) is 18.0. The van der Waals surface area contributed by atoms with Crippen LogP contribution in [0.5, 0.6) is 0 Å². The Morgan fingerprint density at radius 1 is 1.16 bits per heavy atom. The number of esters is 1. The summed E-state index contributed by atoms with van der Waals surface area (Å²) >= 11 is 2.22. The second-order valence-electron chi connectivity index (χ2n) is 7.03. The monoisotopic (exact) mass is 464 g/mol. The van der Waals surface area contributed by atoms with Gasteiger partial charge in [-0.1, -0.05) is 39.0 Å². The first-order valence-electron chi connectivity index (χ1n) is 9.67. The van der Waals surface area contributed by atoms with Crippen LogP contribution >= 0.6 is 22.6 Å². The molecular formula is C20H33IO4. The highest BCUT2D eigenvalue weighted by molar-refractivity contribution is 14.1. The molecule has 5 heteroatoms. The molecule has 144 valence electrons. The molecule has 0 unspecified atom stereocenters. The van der Waals surface area contributed by atoms with Crippen LogP contribution in [0.4, 0.5) is 0 Å². The van der Waals surface area contributed by atoms with E-state index in [1.165, 1.54) is 25.7 Å². The molecule has 25 heavy (non-hydrogen) atoms. The molecule has 1 aliphatic carbocycles. The van der Waals surface area contributed by atoms with Crippen molar-refractivity contribution in [3.8, 4) is 0 Å². The Balaban J connectivity index is 2.25. The lowest BCUT2D eigenvalue weighted by Crippen LogP contribution is -2.25. The predicted octanol–water partition coefficient (Wildman–Crippen LogP) is 5.37. The molecule has 0 saturated carbocycles. The third-order valence-corrected chi connectivity index (χ3v) is 5.27. The Morgan fingerprint density at radius 2 is 1.88 bits per heavy atom. The van der Waals surface area contributed by atoms with Gasteiger partial charge in [-0.3, -0.25) is 9.59 Å². The molecule has 2 atom stereocenters. The molecule has 0 spiro atoms. The van der Waals surface area contributed by atoms with Crippen molar-refractivity contribution in [1.29, 1.82) is 0 Å². The molecule has 0 fully saturated rings. The lowest BCUT2D eigenvalue weighted by Gasteiger charge is -2.20. The number of carbonyl (C=O) groups is 2. The SMILES string of the molecule is CCCCCCC[C@H]1C(=O)C=C(I)[C@@H]1OCCCCC(=O)OC(C)C. The molecule has 0 saturated heterocycles. The average molecular weight is 464 g/mol. The molecule has 0 heterocycles.